The third-order valence-electron chi connectivity index (χ3n) is 6.36. The van der Waals surface area contributed by atoms with Gasteiger partial charge >= 0.3 is 0 Å². The van der Waals surface area contributed by atoms with Crippen LogP contribution in [0.25, 0.3) is 0 Å². The zero-order chi connectivity index (χ0) is 18.2. The highest BCUT2D eigenvalue weighted by Crippen LogP contribution is 2.32. The minimum absolute atomic E-state index is 0.0855. The molecule has 2 aromatic rings. The number of piperidine rings is 1. The summed E-state index contributed by atoms with van der Waals surface area (Å²) in [6.45, 7) is 3.76. The van der Waals surface area contributed by atoms with Gasteiger partial charge in [0, 0.05) is 56.6 Å². The Kier molecular flexibility index (Phi) is 4.44. The Morgan fingerprint density at radius 2 is 1.96 bits per heavy atom. The molecule has 142 valence electrons. The average Bonchev–Trinajstić information content (AvgIpc) is 2.94. The Hall–Kier alpha value is -2.21. The molecule has 0 spiro atoms. The molecule has 0 aromatic carbocycles. The standard InChI is InChI=1S/C21H26N4O2/c26-21(20-18-3-1-2-4-19(18)27-23-20)25-13-16-5-6-17(25)14-24(12-16)11-15-7-9-22-10-8-15/h7-10,16-17H,1-6,11-14H2/t16-,17+/m0/s1. The van der Waals surface area contributed by atoms with Crippen LogP contribution in [-0.4, -0.2) is 51.5 Å². The second-order valence-corrected chi connectivity index (χ2v) is 8.24. The lowest BCUT2D eigenvalue weighted by atomic mass is 9.93. The molecule has 6 rings (SSSR count). The van der Waals surface area contributed by atoms with E-state index in [9.17, 15) is 4.79 Å². The normalized spacial score (nSPS) is 25.3. The molecule has 3 fully saturated rings. The second-order valence-electron chi connectivity index (χ2n) is 8.24. The van der Waals surface area contributed by atoms with Gasteiger partial charge in [-0.2, -0.15) is 0 Å². The van der Waals surface area contributed by atoms with Crippen molar-refractivity contribution in [3.8, 4) is 0 Å². The summed E-state index contributed by atoms with van der Waals surface area (Å²) in [7, 11) is 0. The minimum Gasteiger partial charge on any atom is -0.360 e. The summed E-state index contributed by atoms with van der Waals surface area (Å²) in [6.07, 6.45) is 10.1. The van der Waals surface area contributed by atoms with Crippen LogP contribution < -0.4 is 0 Å². The zero-order valence-electron chi connectivity index (χ0n) is 15.6. The van der Waals surface area contributed by atoms with E-state index in [2.05, 4.69) is 32.1 Å². The highest BCUT2D eigenvalue weighted by molar-refractivity contribution is 5.94. The molecule has 0 saturated carbocycles. The number of carbonyl (C=O) groups excluding carboxylic acids is 1. The van der Waals surface area contributed by atoms with Crippen molar-refractivity contribution in [1.29, 1.82) is 0 Å². The summed E-state index contributed by atoms with van der Waals surface area (Å²) in [5.74, 6) is 1.56. The van der Waals surface area contributed by atoms with Gasteiger partial charge in [0.15, 0.2) is 5.69 Å². The van der Waals surface area contributed by atoms with Gasteiger partial charge in [-0.3, -0.25) is 14.7 Å². The van der Waals surface area contributed by atoms with Crippen molar-refractivity contribution in [3.05, 3.63) is 47.1 Å². The SMILES string of the molecule is O=C(c1noc2c1CCCC2)N1C[C@H]2CC[C@@H]1CN(Cc1ccncc1)C2. The number of aryl methyl sites for hydroxylation is 1. The topological polar surface area (TPSA) is 62.5 Å². The molecule has 27 heavy (non-hydrogen) atoms. The number of amides is 1. The summed E-state index contributed by atoms with van der Waals surface area (Å²) in [6, 6.07) is 4.43. The molecule has 2 bridgehead atoms. The average molecular weight is 366 g/mol. The Morgan fingerprint density at radius 1 is 1.11 bits per heavy atom. The Labute approximate surface area is 159 Å². The number of hydrogen-bond donors (Lipinski definition) is 0. The van der Waals surface area contributed by atoms with E-state index < -0.39 is 0 Å². The van der Waals surface area contributed by atoms with Crippen LogP contribution in [0, 0.1) is 5.92 Å². The van der Waals surface area contributed by atoms with Crippen molar-refractivity contribution in [3.63, 3.8) is 0 Å². The van der Waals surface area contributed by atoms with Crippen LogP contribution in [0.2, 0.25) is 0 Å². The van der Waals surface area contributed by atoms with Crippen LogP contribution in [0.4, 0.5) is 0 Å². The Balaban J connectivity index is 1.34. The predicted octanol–water partition coefficient (Wildman–Crippen LogP) is 2.69. The van der Waals surface area contributed by atoms with Crippen LogP contribution >= 0.6 is 0 Å². The fourth-order valence-electron chi connectivity index (χ4n) is 4.99. The molecular weight excluding hydrogens is 340 g/mol. The maximum Gasteiger partial charge on any atom is 0.276 e. The maximum absolute atomic E-state index is 13.3. The lowest BCUT2D eigenvalue weighted by Crippen LogP contribution is -2.47. The molecule has 4 aliphatic rings. The lowest BCUT2D eigenvalue weighted by molar-refractivity contribution is 0.0573. The summed E-state index contributed by atoms with van der Waals surface area (Å²) in [5.41, 5.74) is 2.94. The van der Waals surface area contributed by atoms with E-state index in [1.54, 1.807) is 0 Å². The molecule has 5 heterocycles. The van der Waals surface area contributed by atoms with Crippen LogP contribution in [0.15, 0.2) is 29.0 Å². The first-order valence-electron chi connectivity index (χ1n) is 10.2. The molecule has 2 aromatic heterocycles. The van der Waals surface area contributed by atoms with Crippen molar-refractivity contribution in [2.24, 2.45) is 5.92 Å². The van der Waals surface area contributed by atoms with Gasteiger partial charge in [-0.1, -0.05) is 5.16 Å². The molecule has 6 nitrogen and oxygen atoms in total. The molecule has 0 unspecified atom stereocenters. The number of aromatic nitrogens is 2. The zero-order valence-corrected chi connectivity index (χ0v) is 15.6. The highest BCUT2D eigenvalue weighted by Gasteiger charge is 2.39. The molecule has 1 amide bonds. The number of pyridine rings is 1. The fraction of sp³-hybridized carbons (Fsp3) is 0.571. The molecule has 6 heteroatoms. The third-order valence-corrected chi connectivity index (χ3v) is 6.36. The molecule has 3 saturated heterocycles. The maximum atomic E-state index is 13.3. The Bertz CT molecular complexity index is 819. The first kappa shape index (κ1) is 16.9. The summed E-state index contributed by atoms with van der Waals surface area (Å²) < 4.78 is 5.50. The number of rotatable bonds is 3. The van der Waals surface area contributed by atoms with Gasteiger partial charge in [-0.05, 0) is 55.7 Å². The number of nitrogens with zero attached hydrogens (tertiary/aromatic N) is 4. The van der Waals surface area contributed by atoms with Gasteiger partial charge in [-0.25, -0.2) is 0 Å². The first-order valence-corrected chi connectivity index (χ1v) is 10.2. The molecule has 0 radical (unpaired) electrons. The predicted molar refractivity (Wildman–Crippen MR) is 100 cm³/mol. The molecular formula is C21H26N4O2. The molecule has 3 aliphatic heterocycles. The second kappa shape index (κ2) is 7.08. The monoisotopic (exact) mass is 366 g/mol. The fourth-order valence-corrected chi connectivity index (χ4v) is 4.99. The van der Waals surface area contributed by atoms with Crippen LogP contribution in [0.3, 0.4) is 0 Å². The van der Waals surface area contributed by atoms with Gasteiger partial charge < -0.3 is 9.42 Å². The number of fused-ring (bicyclic) bond motifs is 5. The minimum atomic E-state index is 0.0855. The van der Waals surface area contributed by atoms with Crippen molar-refractivity contribution in [2.75, 3.05) is 19.6 Å². The van der Waals surface area contributed by atoms with E-state index >= 15 is 0 Å². The van der Waals surface area contributed by atoms with E-state index in [-0.39, 0.29) is 11.9 Å². The molecule has 0 N–H and O–H groups in total. The van der Waals surface area contributed by atoms with E-state index in [1.807, 2.05) is 12.4 Å². The van der Waals surface area contributed by atoms with E-state index in [4.69, 9.17) is 4.52 Å². The van der Waals surface area contributed by atoms with Crippen LogP contribution in [-0.2, 0) is 19.4 Å². The Morgan fingerprint density at radius 3 is 2.85 bits per heavy atom. The summed E-state index contributed by atoms with van der Waals surface area (Å²) >= 11 is 0. The molecule has 1 aliphatic carbocycles. The van der Waals surface area contributed by atoms with E-state index in [1.165, 1.54) is 12.0 Å². The van der Waals surface area contributed by atoms with Crippen molar-refractivity contribution >= 4 is 5.91 Å². The highest BCUT2D eigenvalue weighted by atomic mass is 16.5. The molecule has 2 atom stereocenters. The van der Waals surface area contributed by atoms with Crippen LogP contribution in [0.5, 0.6) is 0 Å². The van der Waals surface area contributed by atoms with Crippen molar-refractivity contribution in [1.82, 2.24) is 19.9 Å². The largest absolute Gasteiger partial charge is 0.360 e. The van der Waals surface area contributed by atoms with Gasteiger partial charge in [0.2, 0.25) is 0 Å². The van der Waals surface area contributed by atoms with Crippen LogP contribution in [0.1, 0.15) is 53.1 Å². The van der Waals surface area contributed by atoms with E-state index in [0.29, 0.717) is 11.6 Å². The number of hydrogen-bond acceptors (Lipinski definition) is 5. The summed E-state index contributed by atoms with van der Waals surface area (Å²) in [5, 5.41) is 4.19. The third kappa shape index (κ3) is 3.27. The lowest BCUT2D eigenvalue weighted by Gasteiger charge is -2.36. The quantitative estimate of drug-likeness (QED) is 0.836. The van der Waals surface area contributed by atoms with Gasteiger partial charge in [0.05, 0.1) is 0 Å². The smallest absolute Gasteiger partial charge is 0.276 e. The summed E-state index contributed by atoms with van der Waals surface area (Å²) in [4.78, 5) is 22.0. The first-order chi connectivity index (χ1) is 13.3. The van der Waals surface area contributed by atoms with Gasteiger partial charge in [0.1, 0.15) is 5.76 Å². The number of carbonyl (C=O) groups is 1. The van der Waals surface area contributed by atoms with Crippen molar-refractivity contribution < 1.29 is 9.32 Å². The van der Waals surface area contributed by atoms with E-state index in [0.717, 1.165) is 69.6 Å². The van der Waals surface area contributed by atoms with Gasteiger partial charge in [0.25, 0.3) is 5.91 Å². The van der Waals surface area contributed by atoms with Crippen molar-refractivity contribution in [2.45, 2.75) is 51.1 Å². The van der Waals surface area contributed by atoms with Gasteiger partial charge in [-0.15, -0.1) is 0 Å².